The molecule has 2 heteroatoms. The number of hydrogen-bond acceptors (Lipinski definition) is 2. The molecular formula is C20H40N2. The van der Waals surface area contributed by atoms with Gasteiger partial charge in [-0.3, -0.25) is 0 Å². The highest BCUT2D eigenvalue weighted by Crippen LogP contribution is 2.43. The molecule has 0 aliphatic heterocycles. The zero-order chi connectivity index (χ0) is 15.5. The van der Waals surface area contributed by atoms with Crippen LogP contribution in [0, 0.1) is 5.92 Å². The van der Waals surface area contributed by atoms with Gasteiger partial charge < -0.3 is 10.6 Å². The highest BCUT2D eigenvalue weighted by molar-refractivity contribution is 4.98. The van der Waals surface area contributed by atoms with Gasteiger partial charge in [0.15, 0.2) is 0 Å². The molecular weight excluding hydrogens is 268 g/mol. The summed E-state index contributed by atoms with van der Waals surface area (Å²) in [5, 5.41) is 7.52. The van der Waals surface area contributed by atoms with E-state index in [1.165, 1.54) is 103 Å². The van der Waals surface area contributed by atoms with Crippen molar-refractivity contribution >= 4 is 0 Å². The van der Waals surface area contributed by atoms with Crippen LogP contribution in [0.15, 0.2) is 0 Å². The van der Waals surface area contributed by atoms with Crippen molar-refractivity contribution in [3.8, 4) is 0 Å². The van der Waals surface area contributed by atoms with Gasteiger partial charge in [-0.2, -0.15) is 0 Å². The van der Waals surface area contributed by atoms with Gasteiger partial charge >= 0.3 is 0 Å². The molecule has 0 spiro atoms. The Morgan fingerprint density at radius 2 is 1.32 bits per heavy atom. The molecule has 0 atom stereocenters. The van der Waals surface area contributed by atoms with Gasteiger partial charge in [0.2, 0.25) is 0 Å². The standard InChI is InChI=1S/C20H40N2/c1-2-3-4-5-6-7-8-9-16-21-17-18-22-20-13-10-19(11-14-20)12-15-20/h19,21-22H,2-18H2,1H3. The number of hydrogen-bond donors (Lipinski definition) is 2. The van der Waals surface area contributed by atoms with E-state index in [2.05, 4.69) is 17.6 Å². The predicted molar refractivity (Wildman–Crippen MR) is 97.4 cm³/mol. The Kier molecular flexibility index (Phi) is 8.84. The van der Waals surface area contributed by atoms with Crippen LogP contribution < -0.4 is 10.6 Å². The fraction of sp³-hybridized carbons (Fsp3) is 1.00. The van der Waals surface area contributed by atoms with Gasteiger partial charge in [0.1, 0.15) is 0 Å². The minimum atomic E-state index is 0.537. The van der Waals surface area contributed by atoms with Gasteiger partial charge in [0.05, 0.1) is 0 Å². The summed E-state index contributed by atoms with van der Waals surface area (Å²) >= 11 is 0. The molecule has 0 heterocycles. The average molecular weight is 309 g/mol. The van der Waals surface area contributed by atoms with E-state index in [4.69, 9.17) is 0 Å². The molecule has 0 aromatic rings. The van der Waals surface area contributed by atoms with Gasteiger partial charge in [-0.25, -0.2) is 0 Å². The fourth-order valence-electron chi connectivity index (χ4n) is 4.44. The summed E-state index contributed by atoms with van der Waals surface area (Å²) in [6.07, 6.45) is 20.1. The molecule has 3 saturated carbocycles. The quantitative estimate of drug-likeness (QED) is 0.466. The van der Waals surface area contributed by atoms with E-state index in [0.717, 1.165) is 12.5 Å². The number of nitrogens with one attached hydrogen (secondary N) is 2. The Morgan fingerprint density at radius 3 is 1.95 bits per heavy atom. The number of rotatable bonds is 13. The summed E-state index contributed by atoms with van der Waals surface area (Å²) in [4.78, 5) is 0. The van der Waals surface area contributed by atoms with Gasteiger partial charge in [-0.15, -0.1) is 0 Å². The lowest BCUT2D eigenvalue weighted by Crippen LogP contribution is -2.53. The lowest BCUT2D eigenvalue weighted by atomic mass is 9.66. The van der Waals surface area contributed by atoms with Crippen molar-refractivity contribution in [3.05, 3.63) is 0 Å². The summed E-state index contributed by atoms with van der Waals surface area (Å²) in [7, 11) is 0. The number of unbranched alkanes of at least 4 members (excludes halogenated alkanes) is 7. The molecule has 2 bridgehead atoms. The van der Waals surface area contributed by atoms with E-state index in [0.29, 0.717) is 5.54 Å². The Morgan fingerprint density at radius 1 is 0.727 bits per heavy atom. The second-order valence-corrected chi connectivity index (χ2v) is 7.91. The van der Waals surface area contributed by atoms with Crippen molar-refractivity contribution in [2.75, 3.05) is 19.6 Å². The maximum atomic E-state index is 3.89. The Balaban J connectivity index is 1.34. The third-order valence-electron chi connectivity index (χ3n) is 6.10. The highest BCUT2D eigenvalue weighted by atomic mass is 15.0. The van der Waals surface area contributed by atoms with E-state index < -0.39 is 0 Å². The predicted octanol–water partition coefficient (Wildman–Crippen LogP) is 5.03. The second-order valence-electron chi connectivity index (χ2n) is 7.91. The molecule has 3 rings (SSSR count). The van der Waals surface area contributed by atoms with Crippen molar-refractivity contribution in [2.24, 2.45) is 5.92 Å². The van der Waals surface area contributed by atoms with E-state index in [-0.39, 0.29) is 0 Å². The largest absolute Gasteiger partial charge is 0.315 e. The van der Waals surface area contributed by atoms with E-state index in [9.17, 15) is 0 Å². The van der Waals surface area contributed by atoms with Crippen LogP contribution in [0.25, 0.3) is 0 Å². The smallest absolute Gasteiger partial charge is 0.0182 e. The molecule has 130 valence electrons. The average Bonchev–Trinajstić information content (AvgIpc) is 2.57. The first kappa shape index (κ1) is 18.3. The molecule has 0 radical (unpaired) electrons. The fourth-order valence-corrected chi connectivity index (χ4v) is 4.44. The third-order valence-corrected chi connectivity index (χ3v) is 6.10. The molecule has 0 aromatic carbocycles. The summed E-state index contributed by atoms with van der Waals surface area (Å²) in [5.74, 6) is 1.07. The van der Waals surface area contributed by atoms with Gasteiger partial charge in [0, 0.05) is 18.6 Å². The normalized spacial score (nSPS) is 27.4. The molecule has 3 fully saturated rings. The third kappa shape index (κ3) is 6.58. The van der Waals surface area contributed by atoms with Crippen LogP contribution in [0.4, 0.5) is 0 Å². The maximum Gasteiger partial charge on any atom is 0.0182 e. The zero-order valence-electron chi connectivity index (χ0n) is 15.1. The van der Waals surface area contributed by atoms with Crippen LogP contribution >= 0.6 is 0 Å². The Bertz CT molecular complexity index is 255. The molecule has 0 saturated heterocycles. The minimum Gasteiger partial charge on any atom is -0.315 e. The molecule has 0 unspecified atom stereocenters. The van der Waals surface area contributed by atoms with E-state index in [1.54, 1.807) is 0 Å². The van der Waals surface area contributed by atoms with Crippen molar-refractivity contribution < 1.29 is 0 Å². The monoisotopic (exact) mass is 308 g/mol. The van der Waals surface area contributed by atoms with Gasteiger partial charge in [-0.1, -0.05) is 51.9 Å². The highest BCUT2D eigenvalue weighted by Gasteiger charge is 2.39. The second kappa shape index (κ2) is 10.6. The Hall–Kier alpha value is -0.0800. The lowest BCUT2D eigenvalue weighted by Gasteiger charge is -2.47. The molecule has 3 aliphatic carbocycles. The summed E-state index contributed by atoms with van der Waals surface area (Å²) in [6.45, 7) is 5.83. The molecule has 3 aliphatic rings. The minimum absolute atomic E-state index is 0.537. The van der Waals surface area contributed by atoms with Crippen molar-refractivity contribution in [2.45, 2.75) is 102 Å². The topological polar surface area (TPSA) is 24.1 Å². The van der Waals surface area contributed by atoms with Crippen molar-refractivity contribution in [1.29, 1.82) is 0 Å². The first-order valence-corrected chi connectivity index (χ1v) is 10.3. The molecule has 22 heavy (non-hydrogen) atoms. The summed E-state index contributed by atoms with van der Waals surface area (Å²) in [6, 6.07) is 0. The van der Waals surface area contributed by atoms with Crippen LogP contribution in [0.5, 0.6) is 0 Å². The Labute approximate surface area is 139 Å². The number of fused-ring (bicyclic) bond motifs is 3. The van der Waals surface area contributed by atoms with Gasteiger partial charge in [-0.05, 0) is 57.4 Å². The lowest BCUT2D eigenvalue weighted by molar-refractivity contribution is 0.106. The van der Waals surface area contributed by atoms with Crippen LogP contribution in [-0.2, 0) is 0 Å². The van der Waals surface area contributed by atoms with Crippen LogP contribution in [0.2, 0.25) is 0 Å². The van der Waals surface area contributed by atoms with Crippen molar-refractivity contribution in [1.82, 2.24) is 10.6 Å². The zero-order valence-corrected chi connectivity index (χ0v) is 15.1. The molecule has 0 aromatic heterocycles. The SMILES string of the molecule is CCCCCCCCCCNCCNC12CCC(CC1)CC2. The van der Waals surface area contributed by atoms with Crippen LogP contribution in [-0.4, -0.2) is 25.2 Å². The van der Waals surface area contributed by atoms with Crippen molar-refractivity contribution in [3.63, 3.8) is 0 Å². The molecule has 2 nitrogen and oxygen atoms in total. The van der Waals surface area contributed by atoms with Gasteiger partial charge in [0.25, 0.3) is 0 Å². The van der Waals surface area contributed by atoms with E-state index >= 15 is 0 Å². The molecule has 0 amide bonds. The van der Waals surface area contributed by atoms with Crippen LogP contribution in [0.1, 0.15) is 96.8 Å². The molecule has 2 N–H and O–H groups in total. The van der Waals surface area contributed by atoms with E-state index in [1.807, 2.05) is 0 Å². The summed E-state index contributed by atoms with van der Waals surface area (Å²) in [5.41, 5.74) is 0.537. The summed E-state index contributed by atoms with van der Waals surface area (Å²) < 4.78 is 0. The first-order chi connectivity index (χ1) is 10.8. The van der Waals surface area contributed by atoms with Crippen LogP contribution in [0.3, 0.4) is 0 Å². The maximum absolute atomic E-state index is 3.89. The first-order valence-electron chi connectivity index (χ1n) is 10.3.